The number of carbonyl (C=O) groups excluding carboxylic acids is 1. The van der Waals surface area contributed by atoms with Crippen LogP contribution in [0.15, 0.2) is 42.6 Å². The number of aliphatic hydroxyl groups is 1. The summed E-state index contributed by atoms with van der Waals surface area (Å²) in [6.45, 7) is 2.12. The lowest BCUT2D eigenvalue weighted by Crippen LogP contribution is -2.11. The van der Waals surface area contributed by atoms with Crippen molar-refractivity contribution in [2.24, 2.45) is 0 Å². The molecule has 1 aromatic heterocycles. The van der Waals surface area contributed by atoms with Crippen LogP contribution in [-0.2, 0) is 16.1 Å². The van der Waals surface area contributed by atoms with E-state index in [1.807, 2.05) is 0 Å². The largest absolute Gasteiger partial charge is 0.506 e. The van der Waals surface area contributed by atoms with Crippen molar-refractivity contribution in [2.75, 3.05) is 0 Å². The zero-order chi connectivity index (χ0) is 16.3. The monoisotopic (exact) mass is 303 g/mol. The first-order valence-corrected chi connectivity index (χ1v) is 6.47. The average Bonchev–Trinajstić information content (AvgIpc) is 2.90. The van der Waals surface area contributed by atoms with E-state index in [2.05, 4.69) is 0 Å². The molecule has 6 heteroatoms. The van der Waals surface area contributed by atoms with Gasteiger partial charge in [-0.2, -0.15) is 0 Å². The molecule has 22 heavy (non-hydrogen) atoms. The van der Waals surface area contributed by atoms with E-state index in [-0.39, 0.29) is 5.82 Å². The van der Waals surface area contributed by atoms with Crippen LogP contribution in [-0.4, -0.2) is 26.5 Å². The molecule has 0 radical (unpaired) electrons. The second-order valence-electron chi connectivity index (χ2n) is 4.79. The zero-order valence-corrected chi connectivity index (χ0v) is 11.8. The summed E-state index contributed by atoms with van der Waals surface area (Å²) in [4.78, 5) is 21.6. The van der Waals surface area contributed by atoms with E-state index in [9.17, 15) is 19.1 Å². The van der Waals surface area contributed by atoms with Gasteiger partial charge in [0.05, 0.1) is 5.69 Å². The SMILES string of the molecule is Cc1cc(F)ccc1Cn1cccc1/C(O)=C/C(=O)C(=O)O. The van der Waals surface area contributed by atoms with Gasteiger partial charge in [-0.3, -0.25) is 4.79 Å². The normalized spacial score (nSPS) is 11.5. The van der Waals surface area contributed by atoms with Crippen molar-refractivity contribution in [1.82, 2.24) is 4.57 Å². The van der Waals surface area contributed by atoms with E-state index in [1.54, 1.807) is 35.9 Å². The van der Waals surface area contributed by atoms with Crippen LogP contribution in [0.5, 0.6) is 0 Å². The minimum atomic E-state index is -1.64. The molecule has 2 aromatic rings. The molecule has 0 fully saturated rings. The number of carboxylic acid groups (broad SMARTS) is 1. The topological polar surface area (TPSA) is 79.5 Å². The molecule has 0 aliphatic heterocycles. The number of aliphatic hydroxyl groups excluding tert-OH is 1. The minimum Gasteiger partial charge on any atom is -0.506 e. The molecule has 1 aromatic carbocycles. The van der Waals surface area contributed by atoms with Gasteiger partial charge in [0.2, 0.25) is 0 Å². The van der Waals surface area contributed by atoms with Gasteiger partial charge in [-0.25, -0.2) is 9.18 Å². The van der Waals surface area contributed by atoms with Crippen LogP contribution >= 0.6 is 0 Å². The Kier molecular flexibility index (Phi) is 4.41. The van der Waals surface area contributed by atoms with Crippen molar-refractivity contribution in [3.63, 3.8) is 0 Å². The first-order valence-electron chi connectivity index (χ1n) is 6.47. The number of carbonyl (C=O) groups is 2. The molecule has 0 atom stereocenters. The molecular formula is C16H14FNO4. The number of hydrogen-bond acceptors (Lipinski definition) is 3. The Hall–Kier alpha value is -2.89. The van der Waals surface area contributed by atoms with Gasteiger partial charge in [0.1, 0.15) is 11.6 Å². The van der Waals surface area contributed by atoms with E-state index in [0.717, 1.165) is 11.1 Å². The lowest BCUT2D eigenvalue weighted by Gasteiger charge is -2.11. The molecule has 0 saturated carbocycles. The van der Waals surface area contributed by atoms with Crippen LogP contribution in [0.2, 0.25) is 0 Å². The lowest BCUT2D eigenvalue weighted by molar-refractivity contribution is -0.146. The summed E-state index contributed by atoms with van der Waals surface area (Å²) in [7, 11) is 0. The fourth-order valence-electron chi connectivity index (χ4n) is 2.06. The summed E-state index contributed by atoms with van der Waals surface area (Å²) in [5.41, 5.74) is 1.90. The Morgan fingerprint density at radius 3 is 2.64 bits per heavy atom. The lowest BCUT2D eigenvalue weighted by atomic mass is 10.1. The highest BCUT2D eigenvalue weighted by Crippen LogP contribution is 2.17. The number of halogens is 1. The van der Waals surface area contributed by atoms with Gasteiger partial charge in [0, 0.05) is 18.8 Å². The first kappa shape index (κ1) is 15.5. The van der Waals surface area contributed by atoms with Gasteiger partial charge in [-0.15, -0.1) is 0 Å². The molecule has 2 rings (SSSR count). The van der Waals surface area contributed by atoms with Gasteiger partial charge < -0.3 is 14.8 Å². The van der Waals surface area contributed by atoms with E-state index < -0.39 is 17.5 Å². The van der Waals surface area contributed by atoms with Crippen molar-refractivity contribution in [2.45, 2.75) is 13.5 Å². The maximum atomic E-state index is 13.1. The number of aliphatic carboxylic acids is 1. The Morgan fingerprint density at radius 2 is 2.00 bits per heavy atom. The molecule has 0 amide bonds. The van der Waals surface area contributed by atoms with Crippen molar-refractivity contribution in [3.05, 3.63) is 65.2 Å². The number of aryl methyl sites for hydroxylation is 1. The number of hydrogen-bond donors (Lipinski definition) is 2. The summed E-state index contributed by atoms with van der Waals surface area (Å²) in [5.74, 6) is -3.61. The molecule has 0 spiro atoms. The summed E-state index contributed by atoms with van der Waals surface area (Å²) >= 11 is 0. The van der Waals surface area contributed by atoms with E-state index in [0.29, 0.717) is 18.3 Å². The molecule has 0 unspecified atom stereocenters. The van der Waals surface area contributed by atoms with Crippen molar-refractivity contribution in [3.8, 4) is 0 Å². The average molecular weight is 303 g/mol. The summed E-state index contributed by atoms with van der Waals surface area (Å²) in [5, 5.41) is 18.4. The highest BCUT2D eigenvalue weighted by molar-refractivity contribution is 6.38. The predicted octanol–water partition coefficient (Wildman–Crippen LogP) is 2.54. The van der Waals surface area contributed by atoms with Gasteiger partial charge >= 0.3 is 5.97 Å². The molecule has 2 N–H and O–H groups in total. The third-order valence-corrected chi connectivity index (χ3v) is 3.22. The van der Waals surface area contributed by atoms with Crippen molar-refractivity contribution < 1.29 is 24.2 Å². The third kappa shape index (κ3) is 3.41. The Balaban J connectivity index is 2.30. The van der Waals surface area contributed by atoms with Crippen molar-refractivity contribution in [1.29, 1.82) is 0 Å². The second kappa shape index (κ2) is 6.26. The second-order valence-corrected chi connectivity index (χ2v) is 4.79. The van der Waals surface area contributed by atoms with Gasteiger partial charge in [-0.1, -0.05) is 6.07 Å². The van der Waals surface area contributed by atoms with Crippen LogP contribution in [0.25, 0.3) is 5.76 Å². The van der Waals surface area contributed by atoms with E-state index in [1.165, 1.54) is 12.1 Å². The van der Waals surface area contributed by atoms with E-state index in [4.69, 9.17) is 5.11 Å². The van der Waals surface area contributed by atoms with Gasteiger partial charge in [0.25, 0.3) is 5.78 Å². The summed E-state index contributed by atoms with van der Waals surface area (Å²) < 4.78 is 14.7. The Morgan fingerprint density at radius 1 is 1.27 bits per heavy atom. The van der Waals surface area contributed by atoms with Crippen LogP contribution in [0.4, 0.5) is 4.39 Å². The highest BCUT2D eigenvalue weighted by atomic mass is 19.1. The van der Waals surface area contributed by atoms with Crippen LogP contribution < -0.4 is 0 Å². The first-order chi connectivity index (χ1) is 10.4. The number of aromatic nitrogens is 1. The third-order valence-electron chi connectivity index (χ3n) is 3.22. The summed E-state index contributed by atoms with van der Waals surface area (Å²) in [6, 6.07) is 7.60. The highest BCUT2D eigenvalue weighted by Gasteiger charge is 2.13. The fourth-order valence-corrected chi connectivity index (χ4v) is 2.06. The molecule has 0 bridgehead atoms. The summed E-state index contributed by atoms with van der Waals surface area (Å²) in [6.07, 6.45) is 2.33. The predicted molar refractivity (Wildman–Crippen MR) is 77.9 cm³/mol. The molecule has 1 heterocycles. The van der Waals surface area contributed by atoms with Crippen molar-refractivity contribution >= 4 is 17.5 Å². The quantitative estimate of drug-likeness (QED) is 0.505. The molecule has 5 nitrogen and oxygen atoms in total. The number of ketones is 1. The van der Waals surface area contributed by atoms with Crippen LogP contribution in [0.1, 0.15) is 16.8 Å². The molecule has 0 saturated heterocycles. The van der Waals surface area contributed by atoms with E-state index >= 15 is 0 Å². The molecular weight excluding hydrogens is 289 g/mol. The zero-order valence-electron chi connectivity index (χ0n) is 11.8. The molecule has 0 aliphatic rings. The number of carboxylic acids is 1. The van der Waals surface area contributed by atoms with Gasteiger partial charge in [0.15, 0.2) is 0 Å². The molecule has 114 valence electrons. The van der Waals surface area contributed by atoms with Gasteiger partial charge in [-0.05, 0) is 42.3 Å². The Bertz CT molecular complexity index is 761. The van der Waals surface area contributed by atoms with Crippen LogP contribution in [0.3, 0.4) is 0 Å². The van der Waals surface area contributed by atoms with Crippen LogP contribution in [0, 0.1) is 12.7 Å². The fraction of sp³-hybridized carbons (Fsp3) is 0.125. The smallest absolute Gasteiger partial charge is 0.376 e. The standard InChI is InChI=1S/C16H14FNO4/c1-10-7-12(17)5-4-11(10)9-18-6-2-3-13(18)14(19)8-15(20)16(21)22/h2-8,19H,9H2,1H3,(H,21,22)/b14-8-. The Labute approximate surface area is 125 Å². The maximum absolute atomic E-state index is 13.1. The number of benzene rings is 1. The maximum Gasteiger partial charge on any atom is 0.376 e. The number of nitrogens with zero attached hydrogens (tertiary/aromatic N) is 1. The molecule has 0 aliphatic carbocycles. The number of rotatable bonds is 5. The minimum absolute atomic E-state index is 0.304.